The predicted octanol–water partition coefficient (Wildman–Crippen LogP) is 5.24. The second kappa shape index (κ2) is 6.84. The first-order chi connectivity index (χ1) is 11.9. The van der Waals surface area contributed by atoms with Gasteiger partial charge in [-0.15, -0.1) is 0 Å². The number of rotatable bonds is 4. The van der Waals surface area contributed by atoms with Crippen molar-refractivity contribution in [2.45, 2.75) is 26.3 Å². The smallest absolute Gasteiger partial charge is 0.266 e. The third-order valence-corrected chi connectivity index (χ3v) is 3.98. The summed E-state index contributed by atoms with van der Waals surface area (Å²) in [6.45, 7) is 3.38. The van der Waals surface area contributed by atoms with Gasteiger partial charge in [-0.05, 0) is 19.9 Å². The first-order valence-electron chi connectivity index (χ1n) is 7.49. The Bertz CT molecular complexity index is 933. The number of anilines is 1. The van der Waals surface area contributed by atoms with Crippen LogP contribution in [0.2, 0.25) is 5.15 Å². The number of nitrogens with one attached hydrogen (secondary N) is 1. The highest BCUT2D eigenvalue weighted by Crippen LogP contribution is 2.30. The number of halogens is 4. The Kier molecular flexibility index (Phi) is 4.76. The number of hydrogen-bond acceptors (Lipinski definition) is 4. The van der Waals surface area contributed by atoms with E-state index in [9.17, 15) is 13.2 Å². The van der Waals surface area contributed by atoms with Crippen LogP contribution in [-0.2, 0) is 0 Å². The average Bonchev–Trinajstić information content (AvgIpc) is 2.55. The molecule has 0 saturated heterocycles. The molecular weight excluding hydrogens is 353 g/mol. The lowest BCUT2D eigenvalue weighted by Crippen LogP contribution is -2.12. The third kappa shape index (κ3) is 3.51. The minimum atomic E-state index is -2.88. The van der Waals surface area contributed by atoms with Gasteiger partial charge in [0.05, 0.1) is 23.3 Å². The van der Waals surface area contributed by atoms with Crippen LogP contribution < -0.4 is 5.32 Å². The molecule has 2 heterocycles. The highest BCUT2D eigenvalue weighted by molar-refractivity contribution is 6.30. The SMILES string of the molecule is Cc1nc(NC(C)c2cccc(C(F)F)c2F)c2cc(Cl)ncc2n1. The maximum absolute atomic E-state index is 14.3. The van der Waals surface area contributed by atoms with Crippen molar-refractivity contribution in [3.63, 3.8) is 0 Å². The van der Waals surface area contributed by atoms with Crippen LogP contribution in [0.15, 0.2) is 30.5 Å². The maximum atomic E-state index is 14.3. The van der Waals surface area contributed by atoms with Crippen molar-refractivity contribution in [1.82, 2.24) is 15.0 Å². The zero-order valence-electron chi connectivity index (χ0n) is 13.4. The number of aromatic nitrogens is 3. The third-order valence-electron chi connectivity index (χ3n) is 3.77. The van der Waals surface area contributed by atoms with Gasteiger partial charge in [0.2, 0.25) is 0 Å². The molecule has 0 aliphatic carbocycles. The molecule has 0 saturated carbocycles. The monoisotopic (exact) mass is 366 g/mol. The summed E-state index contributed by atoms with van der Waals surface area (Å²) in [5, 5.41) is 3.93. The molecule has 1 unspecified atom stereocenters. The maximum Gasteiger partial charge on any atom is 0.266 e. The van der Waals surface area contributed by atoms with Crippen molar-refractivity contribution in [3.05, 3.63) is 58.4 Å². The van der Waals surface area contributed by atoms with Crippen molar-refractivity contribution in [1.29, 1.82) is 0 Å². The molecule has 0 aliphatic heterocycles. The standard InChI is InChI=1S/C17H14ClF3N4/c1-8(10-4-3-5-11(15(10)19)16(20)21)23-17-12-6-14(18)22-7-13(12)24-9(2)25-17/h3-8,16H,1-2H3,(H,23,24,25). The molecule has 1 atom stereocenters. The van der Waals surface area contributed by atoms with E-state index < -0.39 is 23.8 Å². The number of hydrogen-bond donors (Lipinski definition) is 1. The van der Waals surface area contributed by atoms with Gasteiger partial charge in [-0.25, -0.2) is 28.1 Å². The minimum absolute atomic E-state index is 0.127. The lowest BCUT2D eigenvalue weighted by Gasteiger charge is -2.18. The van der Waals surface area contributed by atoms with E-state index in [2.05, 4.69) is 20.3 Å². The Balaban J connectivity index is 2.02. The molecule has 0 amide bonds. The Morgan fingerprint density at radius 3 is 2.60 bits per heavy atom. The number of aryl methyl sites for hydroxylation is 1. The minimum Gasteiger partial charge on any atom is -0.363 e. The summed E-state index contributed by atoms with van der Waals surface area (Å²) >= 11 is 5.93. The average molecular weight is 367 g/mol. The molecule has 0 bridgehead atoms. The molecule has 1 aromatic carbocycles. The van der Waals surface area contributed by atoms with E-state index in [1.807, 2.05) is 0 Å². The number of alkyl halides is 2. The molecule has 25 heavy (non-hydrogen) atoms. The normalized spacial score (nSPS) is 12.6. The quantitative estimate of drug-likeness (QED) is 0.642. The van der Waals surface area contributed by atoms with E-state index in [4.69, 9.17) is 11.6 Å². The molecule has 0 spiro atoms. The predicted molar refractivity (Wildman–Crippen MR) is 90.5 cm³/mol. The van der Waals surface area contributed by atoms with Crippen LogP contribution in [0.3, 0.4) is 0 Å². The molecule has 130 valence electrons. The van der Waals surface area contributed by atoms with Crippen LogP contribution in [-0.4, -0.2) is 15.0 Å². The van der Waals surface area contributed by atoms with Crippen LogP contribution in [0.5, 0.6) is 0 Å². The van der Waals surface area contributed by atoms with Gasteiger partial charge in [0.25, 0.3) is 6.43 Å². The number of benzene rings is 1. The summed E-state index contributed by atoms with van der Waals surface area (Å²) in [5.74, 6) is 0.00144. The first kappa shape index (κ1) is 17.4. The molecule has 8 heteroatoms. The Morgan fingerprint density at radius 1 is 1.16 bits per heavy atom. The Morgan fingerprint density at radius 2 is 1.88 bits per heavy atom. The second-order valence-corrected chi connectivity index (χ2v) is 5.95. The van der Waals surface area contributed by atoms with Gasteiger partial charge in [-0.3, -0.25) is 0 Å². The van der Waals surface area contributed by atoms with E-state index in [1.165, 1.54) is 18.3 Å². The van der Waals surface area contributed by atoms with Crippen LogP contribution in [0.1, 0.15) is 36.3 Å². The van der Waals surface area contributed by atoms with E-state index in [0.29, 0.717) is 22.5 Å². The number of fused-ring (bicyclic) bond motifs is 1. The van der Waals surface area contributed by atoms with Crippen LogP contribution in [0.25, 0.3) is 10.9 Å². The zero-order valence-corrected chi connectivity index (χ0v) is 14.2. The van der Waals surface area contributed by atoms with E-state index in [0.717, 1.165) is 6.07 Å². The van der Waals surface area contributed by atoms with E-state index >= 15 is 0 Å². The highest BCUT2D eigenvalue weighted by Gasteiger charge is 2.20. The summed E-state index contributed by atoms with van der Waals surface area (Å²) in [6, 6.07) is 4.94. The van der Waals surface area contributed by atoms with E-state index in [-0.39, 0.29) is 10.7 Å². The van der Waals surface area contributed by atoms with Crippen molar-refractivity contribution in [2.75, 3.05) is 5.32 Å². The first-order valence-corrected chi connectivity index (χ1v) is 7.87. The fourth-order valence-electron chi connectivity index (χ4n) is 2.59. The molecule has 3 rings (SSSR count). The van der Waals surface area contributed by atoms with Crippen LogP contribution >= 0.6 is 11.6 Å². The highest BCUT2D eigenvalue weighted by atomic mass is 35.5. The molecule has 0 fully saturated rings. The van der Waals surface area contributed by atoms with Crippen molar-refractivity contribution >= 4 is 28.3 Å². The molecule has 4 nitrogen and oxygen atoms in total. The lowest BCUT2D eigenvalue weighted by atomic mass is 10.0. The summed E-state index contributed by atoms with van der Waals surface area (Å²) in [7, 11) is 0. The zero-order chi connectivity index (χ0) is 18.1. The van der Waals surface area contributed by atoms with Gasteiger partial charge >= 0.3 is 0 Å². The van der Waals surface area contributed by atoms with Gasteiger partial charge < -0.3 is 5.32 Å². The second-order valence-electron chi connectivity index (χ2n) is 5.56. The van der Waals surface area contributed by atoms with Gasteiger partial charge in [0.1, 0.15) is 22.6 Å². The summed E-state index contributed by atoms with van der Waals surface area (Å²) in [5.41, 5.74) is 0.0814. The fraction of sp³-hybridized carbons (Fsp3) is 0.235. The summed E-state index contributed by atoms with van der Waals surface area (Å²) in [6.07, 6.45) is -1.36. The molecule has 0 aliphatic rings. The Hall–Kier alpha value is -2.41. The number of nitrogens with zero attached hydrogens (tertiary/aromatic N) is 3. The van der Waals surface area contributed by atoms with Gasteiger partial charge in [-0.1, -0.05) is 29.8 Å². The summed E-state index contributed by atoms with van der Waals surface area (Å²) < 4.78 is 40.2. The van der Waals surface area contributed by atoms with Crippen molar-refractivity contribution in [3.8, 4) is 0 Å². The van der Waals surface area contributed by atoms with Crippen LogP contribution in [0.4, 0.5) is 19.0 Å². The topological polar surface area (TPSA) is 50.7 Å². The fourth-order valence-corrected chi connectivity index (χ4v) is 2.74. The van der Waals surface area contributed by atoms with E-state index in [1.54, 1.807) is 19.9 Å². The van der Waals surface area contributed by atoms with Gasteiger partial charge in [0, 0.05) is 10.9 Å². The molecule has 1 N–H and O–H groups in total. The molecule has 2 aromatic heterocycles. The van der Waals surface area contributed by atoms with Gasteiger partial charge in [0.15, 0.2) is 0 Å². The molecular formula is C17H14ClF3N4. The lowest BCUT2D eigenvalue weighted by molar-refractivity contribution is 0.146. The Labute approximate surface area is 147 Å². The summed E-state index contributed by atoms with van der Waals surface area (Å²) in [4.78, 5) is 12.6. The van der Waals surface area contributed by atoms with Crippen molar-refractivity contribution < 1.29 is 13.2 Å². The molecule has 3 aromatic rings. The molecule has 0 radical (unpaired) electrons. The van der Waals surface area contributed by atoms with Gasteiger partial charge in [-0.2, -0.15) is 0 Å². The van der Waals surface area contributed by atoms with Crippen molar-refractivity contribution in [2.24, 2.45) is 0 Å². The van der Waals surface area contributed by atoms with Crippen LogP contribution in [0, 0.1) is 12.7 Å². The largest absolute Gasteiger partial charge is 0.363 e. The number of pyridine rings is 1.